The first-order chi connectivity index (χ1) is 13.2. The van der Waals surface area contributed by atoms with Crippen LogP contribution in [0.3, 0.4) is 0 Å². The average Bonchev–Trinajstić information content (AvgIpc) is 2.74. The lowest BCUT2D eigenvalue weighted by Crippen LogP contribution is -2.36. The van der Waals surface area contributed by atoms with Gasteiger partial charge in [0, 0.05) is 13.7 Å². The van der Waals surface area contributed by atoms with E-state index in [0.717, 1.165) is 61.0 Å². The van der Waals surface area contributed by atoms with E-state index in [2.05, 4.69) is 61.7 Å². The number of rotatable bonds is 12. The highest BCUT2D eigenvalue weighted by molar-refractivity contribution is 6.61. The van der Waals surface area contributed by atoms with Gasteiger partial charge in [0.1, 0.15) is 0 Å². The van der Waals surface area contributed by atoms with Crippen molar-refractivity contribution in [1.82, 2.24) is 4.90 Å². The van der Waals surface area contributed by atoms with Gasteiger partial charge in [0.25, 0.3) is 0 Å². The van der Waals surface area contributed by atoms with Crippen molar-refractivity contribution in [1.29, 1.82) is 0 Å². The summed E-state index contributed by atoms with van der Waals surface area (Å²) >= 11 is 0. The molecule has 0 aromatic heterocycles. The highest BCUT2D eigenvalue weighted by Crippen LogP contribution is 2.20. The molecule has 1 radical (unpaired) electrons. The summed E-state index contributed by atoms with van der Waals surface area (Å²) < 4.78 is 11.7. The molecular weight excluding hydrogens is 350 g/mol. The van der Waals surface area contributed by atoms with E-state index in [1.165, 1.54) is 0 Å². The van der Waals surface area contributed by atoms with Crippen molar-refractivity contribution in [3.8, 4) is 0 Å². The maximum absolute atomic E-state index is 6.05. The van der Waals surface area contributed by atoms with Crippen LogP contribution in [0.1, 0.15) is 37.8 Å². The first-order valence-electron chi connectivity index (χ1n) is 9.80. The Balaban J connectivity index is 1.85. The van der Waals surface area contributed by atoms with Gasteiger partial charge in [-0.25, -0.2) is 0 Å². The van der Waals surface area contributed by atoms with Crippen molar-refractivity contribution in [2.45, 2.75) is 26.7 Å². The second-order valence-electron chi connectivity index (χ2n) is 6.50. The third-order valence-corrected chi connectivity index (χ3v) is 6.41. The summed E-state index contributed by atoms with van der Waals surface area (Å²) in [4.78, 5) is 2.44. The monoisotopic (exact) mass is 382 g/mol. The molecule has 0 N–H and O–H groups in total. The van der Waals surface area contributed by atoms with Gasteiger partial charge in [-0.1, -0.05) is 75.0 Å². The molecule has 0 heterocycles. The normalized spacial score (nSPS) is 11.3. The molecule has 0 spiro atoms. The van der Waals surface area contributed by atoms with E-state index < -0.39 is 9.28 Å². The van der Waals surface area contributed by atoms with E-state index in [-0.39, 0.29) is 0 Å². The number of benzene rings is 2. The molecular formula is C23H32NO2Si. The minimum Gasteiger partial charge on any atom is -0.393 e. The van der Waals surface area contributed by atoms with Crippen molar-refractivity contribution < 1.29 is 8.85 Å². The van der Waals surface area contributed by atoms with Crippen LogP contribution in [0.4, 0.5) is 0 Å². The zero-order chi connectivity index (χ0) is 19.5. The SMILES string of the molecule is C=C(c1ccccc1)c1ccc([Si](OC)OCCCCN(CC)CC)cc1. The Bertz CT molecular complexity index is 669. The van der Waals surface area contributed by atoms with Crippen LogP contribution in [0.5, 0.6) is 0 Å². The minimum atomic E-state index is -1.42. The Morgan fingerprint density at radius 3 is 2.15 bits per heavy atom. The van der Waals surface area contributed by atoms with Crippen LogP contribution in [-0.2, 0) is 8.85 Å². The summed E-state index contributed by atoms with van der Waals surface area (Å²) in [5, 5.41) is 1.14. The van der Waals surface area contributed by atoms with E-state index in [1.807, 2.05) is 18.2 Å². The Morgan fingerprint density at radius 2 is 1.56 bits per heavy atom. The van der Waals surface area contributed by atoms with Gasteiger partial charge in [0.05, 0.1) is 0 Å². The number of unbranched alkanes of at least 4 members (excludes halogenated alkanes) is 1. The largest absolute Gasteiger partial charge is 0.423 e. The molecule has 0 aliphatic heterocycles. The zero-order valence-corrected chi connectivity index (χ0v) is 17.9. The van der Waals surface area contributed by atoms with Gasteiger partial charge < -0.3 is 13.8 Å². The number of nitrogens with zero attached hydrogens (tertiary/aromatic N) is 1. The summed E-state index contributed by atoms with van der Waals surface area (Å²) in [5.74, 6) is 0. The van der Waals surface area contributed by atoms with Gasteiger partial charge in [0.15, 0.2) is 0 Å². The molecule has 2 aromatic rings. The van der Waals surface area contributed by atoms with Crippen LogP contribution in [0.15, 0.2) is 61.2 Å². The molecule has 0 atom stereocenters. The molecule has 4 heteroatoms. The molecule has 0 saturated carbocycles. The van der Waals surface area contributed by atoms with Crippen LogP contribution in [-0.4, -0.2) is 47.5 Å². The average molecular weight is 383 g/mol. The molecule has 0 unspecified atom stereocenters. The maximum Gasteiger partial charge on any atom is 0.423 e. The maximum atomic E-state index is 6.05. The highest BCUT2D eigenvalue weighted by Gasteiger charge is 2.17. The second-order valence-corrected chi connectivity index (χ2v) is 8.35. The zero-order valence-electron chi connectivity index (χ0n) is 16.9. The van der Waals surface area contributed by atoms with Gasteiger partial charge >= 0.3 is 9.28 Å². The molecule has 2 aromatic carbocycles. The Hall–Kier alpha value is -1.72. The van der Waals surface area contributed by atoms with Gasteiger partial charge in [-0.15, -0.1) is 0 Å². The van der Waals surface area contributed by atoms with Crippen LogP contribution < -0.4 is 5.19 Å². The predicted molar refractivity (Wildman–Crippen MR) is 116 cm³/mol. The molecule has 27 heavy (non-hydrogen) atoms. The summed E-state index contributed by atoms with van der Waals surface area (Å²) in [6.45, 7) is 12.8. The van der Waals surface area contributed by atoms with Crippen molar-refractivity contribution >= 4 is 20.0 Å². The van der Waals surface area contributed by atoms with Crippen LogP contribution in [0.2, 0.25) is 0 Å². The molecule has 0 bridgehead atoms. The van der Waals surface area contributed by atoms with E-state index in [9.17, 15) is 0 Å². The molecule has 0 amide bonds. The predicted octanol–water partition coefficient (Wildman–Crippen LogP) is 4.23. The Kier molecular flexibility index (Phi) is 9.49. The molecule has 2 rings (SSSR count). The summed E-state index contributed by atoms with van der Waals surface area (Å²) in [7, 11) is 0.315. The third-order valence-electron chi connectivity index (χ3n) is 4.77. The number of hydrogen-bond acceptors (Lipinski definition) is 3. The third kappa shape index (κ3) is 6.74. The van der Waals surface area contributed by atoms with Crippen LogP contribution in [0, 0.1) is 0 Å². The van der Waals surface area contributed by atoms with Crippen molar-refractivity contribution in [2.75, 3.05) is 33.4 Å². The number of hydrogen-bond donors (Lipinski definition) is 0. The lowest BCUT2D eigenvalue weighted by atomic mass is 10.00. The van der Waals surface area contributed by atoms with Crippen LogP contribution >= 0.6 is 0 Å². The van der Waals surface area contributed by atoms with Gasteiger partial charge in [-0.3, -0.25) is 0 Å². The van der Waals surface area contributed by atoms with Crippen LogP contribution in [0.25, 0.3) is 5.57 Å². The Labute approximate surface area is 166 Å². The first-order valence-corrected chi connectivity index (χ1v) is 11.1. The second kappa shape index (κ2) is 11.9. The fourth-order valence-electron chi connectivity index (χ4n) is 3.02. The van der Waals surface area contributed by atoms with Gasteiger partial charge in [-0.05, 0) is 54.4 Å². The molecule has 145 valence electrons. The standard InChI is InChI=1S/C23H32NO2Si/c1-5-24(6-2)18-10-11-19-26-27(25-4)23-16-14-22(15-17-23)20(3)21-12-8-7-9-13-21/h7-9,12-17H,3,5-6,10-11,18-19H2,1-2,4H3. The van der Waals surface area contributed by atoms with E-state index in [0.29, 0.717) is 0 Å². The molecule has 0 aliphatic rings. The highest BCUT2D eigenvalue weighted by atomic mass is 28.3. The van der Waals surface area contributed by atoms with Crippen molar-refractivity contribution in [2.24, 2.45) is 0 Å². The molecule has 0 fully saturated rings. The van der Waals surface area contributed by atoms with Crippen molar-refractivity contribution in [3.63, 3.8) is 0 Å². The molecule has 0 saturated heterocycles. The first kappa shape index (κ1) is 21.6. The topological polar surface area (TPSA) is 21.7 Å². The summed E-state index contributed by atoms with van der Waals surface area (Å²) in [6.07, 6.45) is 2.23. The summed E-state index contributed by atoms with van der Waals surface area (Å²) in [5.41, 5.74) is 3.30. The quantitative estimate of drug-likeness (QED) is 0.405. The van der Waals surface area contributed by atoms with Gasteiger partial charge in [0.2, 0.25) is 0 Å². The van der Waals surface area contributed by atoms with Gasteiger partial charge in [-0.2, -0.15) is 0 Å². The van der Waals surface area contributed by atoms with E-state index in [1.54, 1.807) is 7.11 Å². The summed E-state index contributed by atoms with van der Waals surface area (Å²) in [6, 6.07) is 18.7. The lowest BCUT2D eigenvalue weighted by Gasteiger charge is -2.18. The fraction of sp³-hybridized carbons (Fsp3) is 0.391. The smallest absolute Gasteiger partial charge is 0.393 e. The minimum absolute atomic E-state index is 0.752. The van der Waals surface area contributed by atoms with Crippen molar-refractivity contribution in [3.05, 3.63) is 72.3 Å². The fourth-order valence-corrected chi connectivity index (χ4v) is 4.30. The van der Waals surface area contributed by atoms with E-state index in [4.69, 9.17) is 8.85 Å². The Morgan fingerprint density at radius 1 is 0.926 bits per heavy atom. The molecule has 0 aliphatic carbocycles. The van der Waals surface area contributed by atoms with E-state index >= 15 is 0 Å². The lowest BCUT2D eigenvalue weighted by molar-refractivity contribution is 0.225. The molecule has 3 nitrogen and oxygen atoms in total.